The van der Waals surface area contributed by atoms with E-state index in [9.17, 15) is 13.2 Å². The van der Waals surface area contributed by atoms with Gasteiger partial charge >= 0.3 is 0 Å². The number of carbonyl (C=O) groups excluding carboxylic acids is 1. The van der Waals surface area contributed by atoms with Crippen LogP contribution >= 0.6 is 0 Å². The summed E-state index contributed by atoms with van der Waals surface area (Å²) in [6.45, 7) is 3.79. The maximum Gasteiger partial charge on any atom is 0.266 e. The maximum atomic E-state index is 13.3. The molecule has 8 nitrogen and oxygen atoms in total. The van der Waals surface area contributed by atoms with Gasteiger partial charge in [0, 0.05) is 32.4 Å². The van der Waals surface area contributed by atoms with Crippen molar-refractivity contribution in [2.45, 2.75) is 56.6 Å². The minimum Gasteiger partial charge on any atom is -0.354 e. The highest BCUT2D eigenvalue weighted by Crippen LogP contribution is 2.38. The minimum absolute atomic E-state index is 0.252. The lowest BCUT2D eigenvalue weighted by atomic mass is 9.88. The van der Waals surface area contributed by atoms with E-state index in [1.807, 2.05) is 12.3 Å². The first-order valence-electron chi connectivity index (χ1n) is 10.1. The standard InChI is InChI=1S/C19H30N4O4S/c1-2-6-16-7-8-17(20-15-16)22-11-13-23(14-12-22)28(26,27)19(18(24)21-25)9-4-3-5-10-19/h7-8,15,25H,2-6,9-14H2,1H3,(H,21,24). The molecule has 0 radical (unpaired) electrons. The summed E-state index contributed by atoms with van der Waals surface area (Å²) in [5.74, 6) is 0.0418. The lowest BCUT2D eigenvalue weighted by Crippen LogP contribution is -2.61. The minimum atomic E-state index is -3.86. The Labute approximate surface area is 166 Å². The molecule has 156 valence electrons. The Morgan fingerprint density at radius 1 is 1.18 bits per heavy atom. The highest BCUT2D eigenvalue weighted by molar-refractivity contribution is 7.91. The number of carbonyl (C=O) groups is 1. The molecular weight excluding hydrogens is 380 g/mol. The van der Waals surface area contributed by atoms with Crippen LogP contribution in [0.25, 0.3) is 0 Å². The van der Waals surface area contributed by atoms with E-state index in [0.29, 0.717) is 39.0 Å². The zero-order valence-electron chi connectivity index (χ0n) is 16.4. The lowest BCUT2D eigenvalue weighted by Gasteiger charge is -2.41. The van der Waals surface area contributed by atoms with Crippen molar-refractivity contribution in [2.24, 2.45) is 0 Å². The fourth-order valence-electron chi connectivity index (χ4n) is 4.27. The summed E-state index contributed by atoms with van der Waals surface area (Å²) < 4.78 is 26.5. The van der Waals surface area contributed by atoms with Crippen molar-refractivity contribution in [3.8, 4) is 0 Å². The summed E-state index contributed by atoms with van der Waals surface area (Å²) in [5.41, 5.74) is 2.80. The molecule has 9 heteroatoms. The second-order valence-electron chi connectivity index (χ2n) is 7.66. The van der Waals surface area contributed by atoms with Crippen LogP contribution in [0.3, 0.4) is 0 Å². The van der Waals surface area contributed by atoms with Crippen LogP contribution in [0.4, 0.5) is 5.82 Å². The van der Waals surface area contributed by atoms with Crippen LogP contribution in [0.1, 0.15) is 51.0 Å². The van der Waals surface area contributed by atoms with Gasteiger partial charge in [-0.2, -0.15) is 4.31 Å². The number of aryl methyl sites for hydroxylation is 1. The summed E-state index contributed by atoms with van der Waals surface area (Å²) in [7, 11) is -3.86. The molecule has 1 aromatic rings. The Kier molecular flexibility index (Phi) is 6.57. The first-order valence-corrected chi connectivity index (χ1v) is 11.5. The molecule has 28 heavy (non-hydrogen) atoms. The Balaban J connectivity index is 1.71. The van der Waals surface area contributed by atoms with Crippen molar-refractivity contribution in [1.82, 2.24) is 14.8 Å². The molecule has 1 saturated carbocycles. The van der Waals surface area contributed by atoms with Gasteiger partial charge < -0.3 is 4.90 Å². The summed E-state index contributed by atoms with van der Waals surface area (Å²) in [4.78, 5) is 18.9. The zero-order chi connectivity index (χ0) is 20.2. The predicted octanol–water partition coefficient (Wildman–Crippen LogP) is 1.69. The second-order valence-corrected chi connectivity index (χ2v) is 9.91. The van der Waals surface area contributed by atoms with E-state index >= 15 is 0 Å². The molecular formula is C19H30N4O4S. The van der Waals surface area contributed by atoms with Crippen LogP contribution in [0.5, 0.6) is 0 Å². The maximum absolute atomic E-state index is 13.3. The van der Waals surface area contributed by atoms with Crippen LogP contribution in [0, 0.1) is 0 Å². The number of hydroxylamine groups is 1. The van der Waals surface area contributed by atoms with Crippen molar-refractivity contribution in [3.63, 3.8) is 0 Å². The SMILES string of the molecule is CCCc1ccc(N2CCN(S(=O)(=O)C3(C(=O)NO)CCCCC3)CC2)nc1. The summed E-state index contributed by atoms with van der Waals surface area (Å²) in [5, 5.41) is 9.17. The quantitative estimate of drug-likeness (QED) is 0.547. The van der Waals surface area contributed by atoms with Gasteiger partial charge in [-0.1, -0.05) is 38.7 Å². The number of piperazine rings is 1. The van der Waals surface area contributed by atoms with Gasteiger partial charge in [-0.05, 0) is 30.9 Å². The van der Waals surface area contributed by atoms with Gasteiger partial charge in [-0.25, -0.2) is 18.9 Å². The van der Waals surface area contributed by atoms with Crippen molar-refractivity contribution < 1.29 is 18.4 Å². The highest BCUT2D eigenvalue weighted by atomic mass is 32.2. The average Bonchev–Trinajstić information content (AvgIpc) is 2.74. The van der Waals surface area contributed by atoms with E-state index in [1.165, 1.54) is 9.87 Å². The van der Waals surface area contributed by atoms with Crippen molar-refractivity contribution in [3.05, 3.63) is 23.9 Å². The van der Waals surface area contributed by atoms with Gasteiger partial charge in [-0.15, -0.1) is 0 Å². The summed E-state index contributed by atoms with van der Waals surface area (Å²) in [6.07, 6.45) is 6.69. The molecule has 0 atom stereocenters. The summed E-state index contributed by atoms with van der Waals surface area (Å²) >= 11 is 0. The predicted molar refractivity (Wildman–Crippen MR) is 107 cm³/mol. The Hall–Kier alpha value is -1.71. The third-order valence-corrected chi connectivity index (χ3v) is 8.55. The largest absolute Gasteiger partial charge is 0.354 e. The van der Waals surface area contributed by atoms with Crippen LogP contribution in [0.2, 0.25) is 0 Å². The van der Waals surface area contributed by atoms with Crippen LogP contribution in [-0.2, 0) is 21.2 Å². The molecule has 2 aliphatic rings. The van der Waals surface area contributed by atoms with E-state index in [4.69, 9.17) is 5.21 Å². The monoisotopic (exact) mass is 410 g/mol. The normalized spacial score (nSPS) is 20.7. The first-order chi connectivity index (χ1) is 13.4. The van der Waals surface area contributed by atoms with Crippen molar-refractivity contribution in [1.29, 1.82) is 0 Å². The van der Waals surface area contributed by atoms with Crippen LogP contribution in [0.15, 0.2) is 18.3 Å². The van der Waals surface area contributed by atoms with E-state index in [-0.39, 0.29) is 12.8 Å². The number of anilines is 1. The molecule has 0 unspecified atom stereocenters. The van der Waals surface area contributed by atoms with Gasteiger partial charge in [-0.3, -0.25) is 10.0 Å². The smallest absolute Gasteiger partial charge is 0.266 e. The average molecular weight is 411 g/mol. The van der Waals surface area contributed by atoms with Crippen molar-refractivity contribution >= 4 is 21.7 Å². The summed E-state index contributed by atoms with van der Waals surface area (Å²) in [6, 6.07) is 4.05. The third-order valence-electron chi connectivity index (χ3n) is 5.92. The number of rotatable bonds is 6. The number of pyridine rings is 1. The number of aromatic nitrogens is 1. The molecule has 2 N–H and O–H groups in total. The van der Waals surface area contributed by atoms with E-state index in [0.717, 1.165) is 25.1 Å². The Morgan fingerprint density at radius 2 is 1.86 bits per heavy atom. The Morgan fingerprint density at radius 3 is 2.39 bits per heavy atom. The lowest BCUT2D eigenvalue weighted by molar-refractivity contribution is -0.132. The second kappa shape index (κ2) is 8.75. The molecule has 0 spiro atoms. The van der Waals surface area contributed by atoms with E-state index in [2.05, 4.69) is 22.9 Å². The molecule has 1 aromatic heterocycles. The van der Waals surface area contributed by atoms with Gasteiger partial charge in [0.05, 0.1) is 0 Å². The van der Waals surface area contributed by atoms with E-state index in [1.54, 1.807) is 5.48 Å². The van der Waals surface area contributed by atoms with Crippen molar-refractivity contribution in [2.75, 3.05) is 31.1 Å². The molecule has 1 saturated heterocycles. The molecule has 1 aliphatic carbocycles. The number of nitrogens with zero attached hydrogens (tertiary/aromatic N) is 3. The van der Waals surface area contributed by atoms with Crippen LogP contribution < -0.4 is 10.4 Å². The van der Waals surface area contributed by atoms with Gasteiger partial charge in [0.2, 0.25) is 10.0 Å². The Bertz CT molecular complexity index is 768. The van der Waals surface area contributed by atoms with Gasteiger partial charge in [0.1, 0.15) is 5.82 Å². The fourth-order valence-corrected chi connectivity index (χ4v) is 6.49. The van der Waals surface area contributed by atoms with Crippen LogP contribution in [-0.4, -0.2) is 59.7 Å². The fraction of sp³-hybridized carbons (Fsp3) is 0.684. The first kappa shape index (κ1) is 21.0. The molecule has 1 amide bonds. The number of amides is 1. The molecule has 0 bridgehead atoms. The number of hydrogen-bond donors (Lipinski definition) is 2. The molecule has 1 aliphatic heterocycles. The topological polar surface area (TPSA) is 103 Å². The van der Waals surface area contributed by atoms with E-state index < -0.39 is 20.7 Å². The third kappa shape index (κ3) is 3.88. The molecule has 2 fully saturated rings. The van der Waals surface area contributed by atoms with Gasteiger partial charge in [0.25, 0.3) is 5.91 Å². The number of nitrogens with one attached hydrogen (secondary N) is 1. The number of sulfonamides is 1. The molecule has 2 heterocycles. The zero-order valence-corrected chi connectivity index (χ0v) is 17.2. The van der Waals surface area contributed by atoms with Gasteiger partial charge in [0.15, 0.2) is 4.75 Å². The highest BCUT2D eigenvalue weighted by Gasteiger charge is 2.53. The molecule has 3 rings (SSSR count). The number of hydrogen-bond acceptors (Lipinski definition) is 6. The molecule has 0 aromatic carbocycles.